The van der Waals surface area contributed by atoms with Gasteiger partial charge >= 0.3 is 19.5 Å². The van der Waals surface area contributed by atoms with E-state index in [0.29, 0.717) is 6.42 Å². The first kappa shape index (κ1) is 47.7. The molecule has 0 unspecified atom stereocenters. The van der Waals surface area contributed by atoms with E-state index in [4.69, 9.17) is 29.4 Å². The van der Waals surface area contributed by atoms with Crippen LogP contribution in [-0.4, -0.2) is 86.8 Å². The second-order valence-corrected chi connectivity index (χ2v) is 16.4. The summed E-state index contributed by atoms with van der Waals surface area (Å²) in [6.45, 7) is 17.0. The number of allylic oxidation sites excluding steroid dienone is 2. The molecule has 0 radical (unpaired) electrons. The number of aliphatic hydroxyl groups is 4. The number of carbonyl (C=O) groups excluding carboxylic acids is 1. The van der Waals surface area contributed by atoms with Crippen LogP contribution in [0.2, 0.25) is 0 Å². The minimum atomic E-state index is -1.61. The van der Waals surface area contributed by atoms with Crippen molar-refractivity contribution in [2.24, 2.45) is 0 Å². The first-order chi connectivity index (χ1) is 29.5. The Kier molecular flexibility index (Phi) is 15.3. The van der Waals surface area contributed by atoms with Gasteiger partial charge in [0.15, 0.2) is 6.29 Å². The van der Waals surface area contributed by atoms with Crippen molar-refractivity contribution >= 4 is 50.0 Å². The average molecular weight is 899 g/mol. The van der Waals surface area contributed by atoms with E-state index in [2.05, 4.69) is 91.0 Å². The van der Waals surface area contributed by atoms with Gasteiger partial charge in [0.25, 0.3) is 0 Å². The predicted octanol–water partition coefficient (Wildman–Crippen LogP) is 6.29. The van der Waals surface area contributed by atoms with Crippen LogP contribution in [0.25, 0.3) is 44.1 Å². The summed E-state index contributed by atoms with van der Waals surface area (Å²) < 4.78 is 11.1. The number of benzene rings is 1. The van der Waals surface area contributed by atoms with Crippen molar-refractivity contribution in [3.63, 3.8) is 0 Å². The van der Waals surface area contributed by atoms with Crippen LogP contribution in [0.5, 0.6) is 0 Å². The number of carbonyl (C=O) groups is 1. The zero-order chi connectivity index (χ0) is 43.7. The smallest absolute Gasteiger partial charge is 0.657 e. The topological polar surface area (TPSA) is 182 Å². The summed E-state index contributed by atoms with van der Waals surface area (Å²) in [5, 5.41) is 44.1. The third kappa shape index (κ3) is 8.23. The molecule has 62 heavy (non-hydrogen) atoms. The van der Waals surface area contributed by atoms with E-state index in [9.17, 15) is 25.2 Å². The standard InChI is InChI=1S/C49H64N5O7.Zn/c1-9-27-28(10-2)36-22-37-31(13-5)32(14-6)43(52-37)33-18-17-26(19-20-60-25-41(56)54-45-47(58)46(57)39(24-55)61-48(45)59)42-44(33)53-40(49(42,15-7)16-8)23-38-30(12-4)29(11-3)35(51-38)21-34(27)50-36;/h17-18,21-23,39,45-48,55,57-59H,9-16,19-20,24-25H2,1-8H3,(H2-,50,51,52,53,54,56);/q-1;+2/p-1/t39-,45-,46-,47-,48-;/m1./s1. The zero-order valence-corrected chi connectivity index (χ0v) is 40.7. The fourth-order valence-electron chi connectivity index (χ4n) is 10.3. The Morgan fingerprint density at radius 2 is 1.37 bits per heavy atom. The summed E-state index contributed by atoms with van der Waals surface area (Å²) in [5.74, 6) is -0.585. The molecule has 7 rings (SSSR count). The van der Waals surface area contributed by atoms with Crippen LogP contribution in [0, 0.1) is 0 Å². The van der Waals surface area contributed by atoms with Crippen LogP contribution in [0.4, 0.5) is 0 Å². The summed E-state index contributed by atoms with van der Waals surface area (Å²) >= 11 is 0. The van der Waals surface area contributed by atoms with Crippen molar-refractivity contribution in [2.75, 3.05) is 19.8 Å². The van der Waals surface area contributed by atoms with Gasteiger partial charge in [-0.2, -0.15) is 0 Å². The van der Waals surface area contributed by atoms with E-state index in [-0.39, 0.29) is 32.7 Å². The fraction of sp³-hybridized carbons (Fsp3) is 0.531. The molecule has 0 saturated carbocycles. The third-order valence-electron chi connectivity index (χ3n) is 13.5. The van der Waals surface area contributed by atoms with Gasteiger partial charge in [0.1, 0.15) is 31.0 Å². The number of aliphatic hydroxyl groups excluding tert-OH is 4. The molecular weight excluding hydrogens is 836 g/mol. The molecule has 1 fully saturated rings. The van der Waals surface area contributed by atoms with Gasteiger partial charge in [-0.25, -0.2) is 4.98 Å². The SMILES string of the molecule is CCC1=C(CC)c2cc3[n-]c(cc4[n-]c(c(CC)c4CC)c4ccc(CCOCC(=O)N[C@@H]5[C@@H](O)[C@H](O)[C@@H](CO)O[C@H]5O)c5c4nc(cc1n2)C5(CC)CC)c(CC)c3CC.[Zn+2]. The van der Waals surface area contributed by atoms with Gasteiger partial charge in [-0.3, -0.25) is 9.78 Å². The molecule has 0 spiro atoms. The number of hydrogen-bond acceptors (Lipinski definition) is 9. The molecule has 5 atom stereocenters. The molecule has 5 N–H and O–H groups in total. The van der Waals surface area contributed by atoms with Crippen LogP contribution in [0.3, 0.4) is 0 Å². The molecule has 1 amide bonds. The first-order valence-corrected chi connectivity index (χ1v) is 22.5. The molecule has 8 bridgehead atoms. The van der Waals surface area contributed by atoms with E-state index in [0.717, 1.165) is 113 Å². The average Bonchev–Trinajstić information content (AvgIpc) is 3.99. The van der Waals surface area contributed by atoms with E-state index >= 15 is 0 Å². The van der Waals surface area contributed by atoms with Crippen LogP contribution >= 0.6 is 0 Å². The Morgan fingerprint density at radius 1 is 0.774 bits per heavy atom. The van der Waals surface area contributed by atoms with Crippen LogP contribution in [-0.2, 0) is 71.3 Å². The van der Waals surface area contributed by atoms with Crippen molar-refractivity contribution in [1.29, 1.82) is 0 Å². The molecule has 1 aromatic carbocycles. The Bertz CT molecular complexity index is 2490. The van der Waals surface area contributed by atoms with E-state index in [1.807, 2.05) is 0 Å². The van der Waals surface area contributed by atoms with E-state index in [1.54, 1.807) is 0 Å². The molecular formula is C49H63N5O7Zn. The van der Waals surface area contributed by atoms with E-state index in [1.165, 1.54) is 33.4 Å². The van der Waals surface area contributed by atoms with Crippen molar-refractivity contribution in [3.8, 4) is 0 Å². The third-order valence-corrected chi connectivity index (χ3v) is 13.5. The molecule has 0 aliphatic carbocycles. The monoisotopic (exact) mass is 897 g/mol. The number of nitrogens with one attached hydrogen (secondary N) is 1. The molecule has 1 saturated heterocycles. The molecule has 12 nitrogen and oxygen atoms in total. The number of ether oxygens (including phenoxy) is 2. The Balaban J connectivity index is 0.00000641. The molecule has 4 aromatic rings. The molecule has 328 valence electrons. The summed E-state index contributed by atoms with van der Waals surface area (Å²) in [6, 6.07) is 9.68. The minimum absolute atomic E-state index is 0. The van der Waals surface area contributed by atoms with Gasteiger partial charge in [-0.15, -0.1) is 22.1 Å². The minimum Gasteiger partial charge on any atom is -0.657 e. The molecule has 3 aliphatic rings. The molecule has 3 aromatic heterocycles. The summed E-state index contributed by atoms with van der Waals surface area (Å²) in [5.41, 5.74) is 17.0. The Labute approximate surface area is 377 Å². The van der Waals surface area contributed by atoms with Crippen LogP contribution in [0.15, 0.2) is 30.3 Å². The van der Waals surface area contributed by atoms with Gasteiger partial charge < -0.3 is 45.2 Å². The number of amides is 1. The van der Waals surface area contributed by atoms with Crippen molar-refractivity contribution < 1.29 is 54.2 Å². The number of aryl methyl sites for hydroxylation is 4. The summed E-state index contributed by atoms with van der Waals surface area (Å²) in [6.07, 6.45) is 1.40. The predicted molar refractivity (Wildman–Crippen MR) is 239 cm³/mol. The number of rotatable bonds is 15. The van der Waals surface area contributed by atoms with Crippen LogP contribution < -0.4 is 15.3 Å². The largest absolute Gasteiger partial charge is 2.00 e. The molecule has 13 heteroatoms. The fourth-order valence-corrected chi connectivity index (χ4v) is 10.3. The number of fused-ring (bicyclic) bond motifs is 8. The normalized spacial score (nSPS) is 20.9. The maximum atomic E-state index is 13.0. The maximum Gasteiger partial charge on any atom is 2.00 e. The second-order valence-electron chi connectivity index (χ2n) is 16.4. The van der Waals surface area contributed by atoms with Gasteiger partial charge in [-0.05, 0) is 91.5 Å². The number of aromatic nitrogens is 4. The summed E-state index contributed by atoms with van der Waals surface area (Å²) in [7, 11) is 0. The zero-order valence-electron chi connectivity index (χ0n) is 37.8. The summed E-state index contributed by atoms with van der Waals surface area (Å²) in [4.78, 5) is 34.8. The Morgan fingerprint density at radius 3 is 1.97 bits per heavy atom. The maximum absolute atomic E-state index is 13.0. The molecule has 3 aliphatic heterocycles. The van der Waals surface area contributed by atoms with Crippen LogP contribution in [0.1, 0.15) is 132 Å². The Hall–Kier alpha value is -3.81. The molecule has 6 heterocycles. The van der Waals surface area contributed by atoms with Crippen molar-refractivity contribution in [1.82, 2.24) is 25.3 Å². The number of nitrogens with zero attached hydrogens (tertiary/aromatic N) is 4. The van der Waals surface area contributed by atoms with Gasteiger partial charge in [0.05, 0.1) is 35.8 Å². The second kappa shape index (κ2) is 19.9. The van der Waals surface area contributed by atoms with Gasteiger partial charge in [0.2, 0.25) is 5.91 Å². The van der Waals surface area contributed by atoms with Crippen molar-refractivity contribution in [3.05, 3.63) is 80.8 Å². The van der Waals surface area contributed by atoms with Gasteiger partial charge in [0, 0.05) is 5.41 Å². The van der Waals surface area contributed by atoms with Gasteiger partial charge in [-0.1, -0.05) is 102 Å². The first-order valence-electron chi connectivity index (χ1n) is 22.5. The quantitative estimate of drug-likeness (QED) is 0.0669. The van der Waals surface area contributed by atoms with E-state index < -0.39 is 48.6 Å². The van der Waals surface area contributed by atoms with Crippen molar-refractivity contribution in [2.45, 2.75) is 149 Å². The number of hydrogen-bond donors (Lipinski definition) is 5.